The van der Waals surface area contributed by atoms with Crippen LogP contribution in [0.25, 0.3) is 0 Å². The zero-order valence-corrected chi connectivity index (χ0v) is 10.4. The molecule has 0 saturated heterocycles. The van der Waals surface area contributed by atoms with Gasteiger partial charge in [0.25, 0.3) is 0 Å². The fraction of sp³-hybridized carbons (Fsp3) is 0.833. The fourth-order valence-electron chi connectivity index (χ4n) is 1.75. The Morgan fingerprint density at radius 1 is 1.00 bits per heavy atom. The molecular formula is C12H25N. The van der Waals surface area contributed by atoms with Crippen LogP contribution in [0.2, 0.25) is 0 Å². The highest BCUT2D eigenvalue weighted by atomic mass is 15.2. The molecule has 13 heavy (non-hydrogen) atoms. The maximum absolute atomic E-state index is 3.98. The van der Waals surface area contributed by atoms with Gasteiger partial charge >= 0.3 is 0 Å². The molecule has 0 aliphatic rings. The highest BCUT2D eigenvalue weighted by Crippen LogP contribution is 2.25. The van der Waals surface area contributed by atoms with Crippen molar-refractivity contribution in [3.05, 3.63) is 12.2 Å². The molecule has 0 spiro atoms. The van der Waals surface area contributed by atoms with E-state index in [1.165, 1.54) is 5.57 Å². The molecule has 0 aromatic carbocycles. The summed E-state index contributed by atoms with van der Waals surface area (Å²) in [6.45, 7) is 20.6. The predicted molar refractivity (Wildman–Crippen MR) is 61.0 cm³/mol. The summed E-state index contributed by atoms with van der Waals surface area (Å²) in [5.74, 6) is 0. The average molecular weight is 183 g/mol. The number of hydrogen-bond donors (Lipinski definition) is 0. The highest BCUT2D eigenvalue weighted by Gasteiger charge is 2.30. The van der Waals surface area contributed by atoms with E-state index in [0.717, 1.165) is 6.54 Å². The van der Waals surface area contributed by atoms with E-state index in [4.69, 9.17) is 0 Å². The molecule has 0 aliphatic heterocycles. The Labute approximate surface area is 83.8 Å². The zero-order chi connectivity index (χ0) is 10.9. The van der Waals surface area contributed by atoms with E-state index >= 15 is 0 Å². The lowest BCUT2D eigenvalue weighted by atomic mass is 9.95. The first-order chi connectivity index (χ1) is 5.55. The van der Waals surface area contributed by atoms with E-state index < -0.39 is 0 Å². The van der Waals surface area contributed by atoms with Gasteiger partial charge in [0.2, 0.25) is 0 Å². The van der Waals surface area contributed by atoms with E-state index in [1.54, 1.807) is 0 Å². The minimum atomic E-state index is 0.206. The highest BCUT2D eigenvalue weighted by molar-refractivity contribution is 4.98. The molecule has 0 atom stereocenters. The predicted octanol–water partition coefficient (Wildman–Crippen LogP) is 3.46. The van der Waals surface area contributed by atoms with Crippen molar-refractivity contribution in [2.24, 2.45) is 0 Å². The molecule has 0 N–H and O–H groups in total. The van der Waals surface area contributed by atoms with Crippen molar-refractivity contribution in [1.82, 2.24) is 4.90 Å². The summed E-state index contributed by atoms with van der Waals surface area (Å²) in [4.78, 5) is 2.47. The summed E-state index contributed by atoms with van der Waals surface area (Å²) in [6, 6.07) is 0. The van der Waals surface area contributed by atoms with Crippen molar-refractivity contribution in [1.29, 1.82) is 0 Å². The molecule has 1 nitrogen and oxygen atoms in total. The Kier molecular flexibility index (Phi) is 3.74. The van der Waals surface area contributed by atoms with Crippen LogP contribution in [0.1, 0.15) is 48.5 Å². The number of rotatable bonds is 2. The summed E-state index contributed by atoms with van der Waals surface area (Å²) in [6.07, 6.45) is 0. The second-order valence-corrected chi connectivity index (χ2v) is 5.88. The van der Waals surface area contributed by atoms with Crippen molar-refractivity contribution in [2.45, 2.75) is 59.5 Å². The second-order valence-electron chi connectivity index (χ2n) is 5.88. The largest absolute Gasteiger partial charge is 0.290 e. The van der Waals surface area contributed by atoms with Crippen LogP contribution >= 0.6 is 0 Å². The lowest BCUT2D eigenvalue weighted by Crippen LogP contribution is -2.53. The molecule has 0 fully saturated rings. The van der Waals surface area contributed by atoms with Crippen LogP contribution in [0.3, 0.4) is 0 Å². The van der Waals surface area contributed by atoms with E-state index in [0.29, 0.717) is 0 Å². The Morgan fingerprint density at radius 3 is 1.38 bits per heavy atom. The first-order valence-electron chi connectivity index (χ1n) is 4.97. The van der Waals surface area contributed by atoms with Crippen molar-refractivity contribution >= 4 is 0 Å². The molecule has 1 heteroatoms. The minimum Gasteiger partial charge on any atom is -0.290 e. The number of hydrogen-bond acceptors (Lipinski definition) is 1. The van der Waals surface area contributed by atoms with Gasteiger partial charge in [-0.3, -0.25) is 4.90 Å². The lowest BCUT2D eigenvalue weighted by Gasteiger charge is -2.45. The van der Waals surface area contributed by atoms with Crippen LogP contribution in [-0.2, 0) is 0 Å². The molecule has 0 aromatic rings. The molecule has 0 amide bonds. The monoisotopic (exact) mass is 183 g/mol. The van der Waals surface area contributed by atoms with Gasteiger partial charge in [-0.2, -0.15) is 0 Å². The third-order valence-corrected chi connectivity index (χ3v) is 2.05. The third-order valence-electron chi connectivity index (χ3n) is 2.05. The van der Waals surface area contributed by atoms with Gasteiger partial charge in [-0.1, -0.05) is 12.2 Å². The minimum absolute atomic E-state index is 0.206. The van der Waals surface area contributed by atoms with Gasteiger partial charge in [-0.05, 0) is 48.5 Å². The van der Waals surface area contributed by atoms with Gasteiger partial charge in [0.05, 0.1) is 0 Å². The molecule has 0 saturated carbocycles. The molecule has 0 radical (unpaired) electrons. The van der Waals surface area contributed by atoms with Gasteiger partial charge in [-0.25, -0.2) is 0 Å². The van der Waals surface area contributed by atoms with Gasteiger partial charge < -0.3 is 0 Å². The van der Waals surface area contributed by atoms with Crippen LogP contribution < -0.4 is 0 Å². The van der Waals surface area contributed by atoms with Crippen LogP contribution in [0.15, 0.2) is 12.2 Å². The van der Waals surface area contributed by atoms with E-state index in [1.807, 2.05) is 0 Å². The van der Waals surface area contributed by atoms with Crippen molar-refractivity contribution in [3.63, 3.8) is 0 Å². The SMILES string of the molecule is C=C(C)CN(C(C)(C)C)C(C)(C)C. The maximum atomic E-state index is 3.98. The Bertz CT molecular complexity index is 164. The lowest BCUT2D eigenvalue weighted by molar-refractivity contribution is 0.0491. The molecule has 78 valence electrons. The van der Waals surface area contributed by atoms with Crippen molar-refractivity contribution in [2.75, 3.05) is 6.54 Å². The van der Waals surface area contributed by atoms with Crippen LogP contribution in [-0.4, -0.2) is 22.5 Å². The first-order valence-corrected chi connectivity index (χ1v) is 4.97. The molecule has 0 unspecified atom stereocenters. The quantitative estimate of drug-likeness (QED) is 0.593. The van der Waals surface area contributed by atoms with E-state index in [-0.39, 0.29) is 11.1 Å². The molecule has 0 rings (SSSR count). The van der Waals surface area contributed by atoms with Gasteiger partial charge in [0.15, 0.2) is 0 Å². The summed E-state index contributed by atoms with van der Waals surface area (Å²) in [5.41, 5.74) is 1.64. The summed E-state index contributed by atoms with van der Waals surface area (Å²) in [7, 11) is 0. The Balaban J connectivity index is 4.68. The summed E-state index contributed by atoms with van der Waals surface area (Å²) in [5, 5.41) is 0. The van der Waals surface area contributed by atoms with Gasteiger partial charge in [-0.15, -0.1) is 0 Å². The van der Waals surface area contributed by atoms with Gasteiger partial charge in [0.1, 0.15) is 0 Å². The standard InChI is InChI=1S/C12H25N/c1-10(2)9-13(11(3,4)5)12(6,7)8/h1,9H2,2-8H3. The molecule has 0 bridgehead atoms. The first kappa shape index (κ1) is 12.7. The average Bonchev–Trinajstić information content (AvgIpc) is 1.77. The fourth-order valence-corrected chi connectivity index (χ4v) is 1.75. The zero-order valence-electron chi connectivity index (χ0n) is 10.4. The molecule has 0 heterocycles. The van der Waals surface area contributed by atoms with E-state index in [2.05, 4.69) is 59.9 Å². The molecule has 0 aliphatic carbocycles. The molecular weight excluding hydrogens is 158 g/mol. The Hall–Kier alpha value is -0.300. The topological polar surface area (TPSA) is 3.24 Å². The third kappa shape index (κ3) is 4.47. The van der Waals surface area contributed by atoms with Crippen molar-refractivity contribution in [3.8, 4) is 0 Å². The van der Waals surface area contributed by atoms with Crippen LogP contribution in [0.5, 0.6) is 0 Å². The smallest absolute Gasteiger partial charge is 0.0197 e. The molecule has 0 aromatic heterocycles. The van der Waals surface area contributed by atoms with E-state index in [9.17, 15) is 0 Å². The normalized spacial score (nSPS) is 13.5. The summed E-state index contributed by atoms with van der Waals surface area (Å²) < 4.78 is 0. The summed E-state index contributed by atoms with van der Waals surface area (Å²) >= 11 is 0. The maximum Gasteiger partial charge on any atom is 0.0197 e. The second kappa shape index (κ2) is 3.83. The van der Waals surface area contributed by atoms with Crippen LogP contribution in [0, 0.1) is 0 Å². The van der Waals surface area contributed by atoms with Gasteiger partial charge in [0, 0.05) is 17.6 Å². The Morgan fingerprint density at radius 2 is 1.31 bits per heavy atom. The number of nitrogens with zero attached hydrogens (tertiary/aromatic N) is 1. The van der Waals surface area contributed by atoms with Crippen LogP contribution in [0.4, 0.5) is 0 Å². The van der Waals surface area contributed by atoms with Crippen molar-refractivity contribution < 1.29 is 0 Å².